The first-order chi connectivity index (χ1) is 8.61. The van der Waals surface area contributed by atoms with Crippen molar-refractivity contribution in [2.75, 3.05) is 0 Å². The van der Waals surface area contributed by atoms with Gasteiger partial charge < -0.3 is 10.8 Å². The van der Waals surface area contributed by atoms with Crippen LogP contribution in [0.3, 0.4) is 0 Å². The Balaban J connectivity index is 2.16. The molecule has 1 fully saturated rings. The lowest BCUT2D eigenvalue weighted by atomic mass is 9.81. The van der Waals surface area contributed by atoms with E-state index >= 15 is 0 Å². The summed E-state index contributed by atoms with van der Waals surface area (Å²) in [7, 11) is 0. The lowest BCUT2D eigenvalue weighted by Gasteiger charge is -2.31. The minimum Gasteiger partial charge on any atom is -0.391 e. The Morgan fingerprint density at radius 2 is 1.94 bits per heavy atom. The Labute approximate surface area is 114 Å². The zero-order valence-corrected chi connectivity index (χ0v) is 11.7. The lowest BCUT2D eigenvalue weighted by molar-refractivity contribution is 0.0616. The minimum atomic E-state index is -0.483. The van der Waals surface area contributed by atoms with Gasteiger partial charge in [0.25, 0.3) is 0 Å². The van der Waals surface area contributed by atoms with Gasteiger partial charge in [-0.05, 0) is 42.9 Å². The molecular formula is C15H22ClNO. The molecule has 1 aromatic rings. The molecule has 2 atom stereocenters. The van der Waals surface area contributed by atoms with Crippen molar-refractivity contribution in [1.29, 1.82) is 0 Å². The van der Waals surface area contributed by atoms with Crippen molar-refractivity contribution in [1.82, 2.24) is 0 Å². The van der Waals surface area contributed by atoms with Crippen molar-refractivity contribution in [3.05, 3.63) is 34.3 Å². The van der Waals surface area contributed by atoms with E-state index in [0.29, 0.717) is 10.9 Å². The number of benzene rings is 1. The maximum atomic E-state index is 10.5. The Kier molecular flexibility index (Phi) is 4.66. The molecular weight excluding hydrogens is 246 g/mol. The molecule has 0 aliphatic heterocycles. The largest absolute Gasteiger partial charge is 0.391 e. The zero-order valence-electron chi connectivity index (χ0n) is 10.9. The molecule has 0 bridgehead atoms. The normalized spacial score (nSPS) is 20.7. The maximum Gasteiger partial charge on any atom is 0.0761 e. The molecule has 1 aromatic carbocycles. The van der Waals surface area contributed by atoms with Crippen molar-refractivity contribution in [3.8, 4) is 0 Å². The quantitative estimate of drug-likeness (QED) is 0.879. The van der Waals surface area contributed by atoms with Gasteiger partial charge >= 0.3 is 0 Å². The second-order valence-electron chi connectivity index (χ2n) is 5.38. The predicted octanol–water partition coefficient (Wildman–Crippen LogP) is 3.59. The zero-order chi connectivity index (χ0) is 13.1. The highest BCUT2D eigenvalue weighted by Crippen LogP contribution is 2.34. The van der Waals surface area contributed by atoms with Gasteiger partial charge in [-0.1, -0.05) is 43.0 Å². The fraction of sp³-hybridized carbons (Fsp3) is 0.600. The summed E-state index contributed by atoms with van der Waals surface area (Å²) in [6, 6.07) is 5.38. The molecule has 2 nitrogen and oxygen atoms in total. The van der Waals surface area contributed by atoms with Gasteiger partial charge in [-0.2, -0.15) is 0 Å². The van der Waals surface area contributed by atoms with E-state index in [-0.39, 0.29) is 6.04 Å². The standard InChI is InChI=1S/C15H22ClNO/c1-10-6-5-9-12(16)13(10)14(17)15(18)11-7-3-2-4-8-11/h5-6,9,11,14-15,18H,2-4,7-8,17H2,1H3/t14-,15+/m0/s1. The number of hydrogen-bond donors (Lipinski definition) is 2. The molecule has 0 aromatic heterocycles. The third-order valence-electron chi connectivity index (χ3n) is 4.11. The van der Waals surface area contributed by atoms with Crippen LogP contribution in [0.4, 0.5) is 0 Å². The van der Waals surface area contributed by atoms with Crippen molar-refractivity contribution >= 4 is 11.6 Å². The SMILES string of the molecule is Cc1cccc(Cl)c1[C@H](N)[C@H](O)C1CCCCC1. The fourth-order valence-corrected chi connectivity index (χ4v) is 3.35. The van der Waals surface area contributed by atoms with E-state index in [4.69, 9.17) is 17.3 Å². The fourth-order valence-electron chi connectivity index (χ4n) is 3.01. The van der Waals surface area contributed by atoms with Crippen LogP contribution >= 0.6 is 11.6 Å². The van der Waals surface area contributed by atoms with Crippen LogP contribution in [0.1, 0.15) is 49.3 Å². The summed E-state index contributed by atoms with van der Waals surface area (Å²) in [5.74, 6) is 0.324. The van der Waals surface area contributed by atoms with Crippen LogP contribution in [-0.4, -0.2) is 11.2 Å². The van der Waals surface area contributed by atoms with Crippen LogP contribution in [0.5, 0.6) is 0 Å². The first-order valence-corrected chi connectivity index (χ1v) is 7.17. The number of halogens is 1. The lowest BCUT2D eigenvalue weighted by Crippen LogP contribution is -2.34. The highest BCUT2D eigenvalue weighted by atomic mass is 35.5. The molecule has 0 spiro atoms. The van der Waals surface area contributed by atoms with Gasteiger partial charge in [0.05, 0.1) is 12.1 Å². The number of rotatable bonds is 3. The summed E-state index contributed by atoms with van der Waals surface area (Å²) >= 11 is 6.22. The van der Waals surface area contributed by atoms with E-state index in [2.05, 4.69) is 0 Å². The average Bonchev–Trinajstić information content (AvgIpc) is 2.38. The molecule has 1 aliphatic rings. The van der Waals surface area contributed by atoms with Crippen LogP contribution in [0.15, 0.2) is 18.2 Å². The van der Waals surface area contributed by atoms with Gasteiger partial charge in [0.1, 0.15) is 0 Å². The van der Waals surface area contributed by atoms with Crippen molar-refractivity contribution in [2.24, 2.45) is 11.7 Å². The summed E-state index contributed by atoms with van der Waals surface area (Å²) in [5, 5.41) is 11.1. The molecule has 3 heteroatoms. The van der Waals surface area contributed by atoms with Crippen LogP contribution in [0.25, 0.3) is 0 Å². The number of aliphatic hydroxyl groups excluding tert-OH is 1. The van der Waals surface area contributed by atoms with Crippen LogP contribution in [0, 0.1) is 12.8 Å². The van der Waals surface area contributed by atoms with Crippen LogP contribution in [0.2, 0.25) is 5.02 Å². The maximum absolute atomic E-state index is 10.5. The van der Waals surface area contributed by atoms with Crippen LogP contribution < -0.4 is 5.73 Å². The van der Waals surface area contributed by atoms with Crippen molar-refractivity contribution in [3.63, 3.8) is 0 Å². The molecule has 0 amide bonds. The van der Waals surface area contributed by atoms with Gasteiger partial charge in [0.15, 0.2) is 0 Å². The Hall–Kier alpha value is -0.570. The molecule has 3 N–H and O–H groups in total. The second kappa shape index (κ2) is 6.05. The summed E-state index contributed by atoms with van der Waals surface area (Å²) in [6.45, 7) is 1.99. The van der Waals surface area contributed by atoms with E-state index in [1.807, 2.05) is 25.1 Å². The molecule has 100 valence electrons. The van der Waals surface area contributed by atoms with Crippen molar-refractivity contribution in [2.45, 2.75) is 51.2 Å². The van der Waals surface area contributed by atoms with Gasteiger partial charge in [-0.15, -0.1) is 0 Å². The number of aliphatic hydroxyl groups is 1. The number of hydrogen-bond acceptors (Lipinski definition) is 2. The molecule has 1 aliphatic carbocycles. The average molecular weight is 268 g/mol. The van der Waals surface area contributed by atoms with Crippen LogP contribution in [-0.2, 0) is 0 Å². The van der Waals surface area contributed by atoms with Crippen molar-refractivity contribution < 1.29 is 5.11 Å². The topological polar surface area (TPSA) is 46.2 Å². The first kappa shape index (κ1) is 13.9. The number of nitrogens with two attached hydrogens (primary N) is 1. The van der Waals surface area contributed by atoms with E-state index in [9.17, 15) is 5.11 Å². The molecule has 0 heterocycles. The molecule has 0 radical (unpaired) electrons. The van der Waals surface area contributed by atoms with Gasteiger partial charge in [-0.3, -0.25) is 0 Å². The summed E-state index contributed by atoms with van der Waals surface area (Å²) in [5.41, 5.74) is 8.20. The van der Waals surface area contributed by atoms with Gasteiger partial charge in [-0.25, -0.2) is 0 Å². The summed E-state index contributed by atoms with van der Waals surface area (Å²) < 4.78 is 0. The van der Waals surface area contributed by atoms with Gasteiger partial charge in [0, 0.05) is 5.02 Å². The van der Waals surface area contributed by atoms with Gasteiger partial charge in [0.2, 0.25) is 0 Å². The molecule has 0 unspecified atom stereocenters. The van der Waals surface area contributed by atoms with E-state index in [1.54, 1.807) is 0 Å². The first-order valence-electron chi connectivity index (χ1n) is 6.80. The van der Waals surface area contributed by atoms with E-state index < -0.39 is 6.10 Å². The summed E-state index contributed by atoms with van der Waals surface area (Å²) in [4.78, 5) is 0. The van der Waals surface area contributed by atoms with E-state index in [0.717, 1.165) is 24.0 Å². The molecule has 18 heavy (non-hydrogen) atoms. The third kappa shape index (κ3) is 2.87. The molecule has 1 saturated carbocycles. The Morgan fingerprint density at radius 3 is 2.56 bits per heavy atom. The predicted molar refractivity (Wildman–Crippen MR) is 75.7 cm³/mol. The summed E-state index contributed by atoms with van der Waals surface area (Å²) in [6.07, 6.45) is 5.37. The molecule has 0 saturated heterocycles. The minimum absolute atomic E-state index is 0.324. The number of aryl methyl sites for hydroxylation is 1. The third-order valence-corrected chi connectivity index (χ3v) is 4.43. The Morgan fingerprint density at radius 1 is 1.28 bits per heavy atom. The molecule has 2 rings (SSSR count). The smallest absolute Gasteiger partial charge is 0.0761 e. The highest BCUT2D eigenvalue weighted by Gasteiger charge is 2.29. The highest BCUT2D eigenvalue weighted by molar-refractivity contribution is 6.31. The Bertz CT molecular complexity index is 381. The monoisotopic (exact) mass is 267 g/mol. The second-order valence-corrected chi connectivity index (χ2v) is 5.79. The van der Waals surface area contributed by atoms with E-state index in [1.165, 1.54) is 19.3 Å².